The summed E-state index contributed by atoms with van der Waals surface area (Å²) >= 11 is 0. The summed E-state index contributed by atoms with van der Waals surface area (Å²) in [7, 11) is 0. The Morgan fingerprint density at radius 2 is 2.16 bits per heavy atom. The highest BCUT2D eigenvalue weighted by Crippen LogP contribution is 2.24. The summed E-state index contributed by atoms with van der Waals surface area (Å²) in [4.78, 5) is 29.6. The molecule has 0 aliphatic carbocycles. The zero-order valence-electron chi connectivity index (χ0n) is 14.3. The largest absolute Gasteiger partial charge is 0.481 e. The van der Waals surface area contributed by atoms with E-state index < -0.39 is 5.97 Å². The van der Waals surface area contributed by atoms with Gasteiger partial charge in [-0.3, -0.25) is 9.59 Å². The number of carboxylic acids is 1. The van der Waals surface area contributed by atoms with Crippen LogP contribution in [0.1, 0.15) is 48.0 Å². The van der Waals surface area contributed by atoms with Gasteiger partial charge in [0.15, 0.2) is 0 Å². The Hall–Kier alpha value is -2.70. The molecular weight excluding hydrogens is 320 g/mol. The predicted octanol–water partition coefficient (Wildman–Crippen LogP) is 2.44. The normalized spacial score (nSPS) is 17.5. The number of carboxylic acid groups (broad SMARTS) is 1. The van der Waals surface area contributed by atoms with Crippen LogP contribution in [0.25, 0.3) is 5.69 Å². The van der Waals surface area contributed by atoms with E-state index in [1.54, 1.807) is 17.1 Å². The van der Waals surface area contributed by atoms with Gasteiger partial charge in [0.2, 0.25) is 0 Å². The van der Waals surface area contributed by atoms with Gasteiger partial charge in [-0.25, -0.2) is 9.67 Å². The van der Waals surface area contributed by atoms with E-state index in [9.17, 15) is 9.59 Å². The maximum absolute atomic E-state index is 12.9. The van der Waals surface area contributed by atoms with Gasteiger partial charge in [-0.1, -0.05) is 0 Å². The maximum atomic E-state index is 12.9. The number of hydrogen-bond acceptors (Lipinski definition) is 4. The molecular formula is C18H22N4O3. The van der Waals surface area contributed by atoms with Crippen LogP contribution in [-0.2, 0) is 4.79 Å². The third-order valence-corrected chi connectivity index (χ3v) is 4.69. The molecule has 1 amide bonds. The molecule has 0 spiro atoms. The van der Waals surface area contributed by atoms with Crippen LogP contribution in [0.15, 0.2) is 30.9 Å². The predicted molar refractivity (Wildman–Crippen MR) is 91.6 cm³/mol. The molecule has 1 atom stereocenters. The second-order valence-corrected chi connectivity index (χ2v) is 6.42. The summed E-state index contributed by atoms with van der Waals surface area (Å²) in [6, 6.07) is 5.54. The number of carbonyl (C=O) groups excluding carboxylic acids is 1. The molecule has 2 heterocycles. The molecule has 0 saturated carbocycles. The Bertz CT molecular complexity index is 758. The minimum atomic E-state index is -0.814. The molecule has 0 bridgehead atoms. The lowest BCUT2D eigenvalue weighted by Crippen LogP contribution is -2.44. The van der Waals surface area contributed by atoms with E-state index in [1.807, 2.05) is 24.0 Å². The Labute approximate surface area is 146 Å². The molecule has 132 valence electrons. The van der Waals surface area contributed by atoms with Crippen molar-refractivity contribution in [2.45, 2.75) is 45.1 Å². The highest BCUT2D eigenvalue weighted by atomic mass is 16.4. The van der Waals surface area contributed by atoms with E-state index in [-0.39, 0.29) is 18.4 Å². The first-order valence-electron chi connectivity index (χ1n) is 8.54. The number of nitrogens with zero attached hydrogens (tertiary/aromatic N) is 4. The number of hydrogen-bond donors (Lipinski definition) is 1. The highest BCUT2D eigenvalue weighted by Gasteiger charge is 2.28. The first-order valence-corrected chi connectivity index (χ1v) is 8.54. The average molecular weight is 342 g/mol. The Morgan fingerprint density at radius 3 is 2.84 bits per heavy atom. The second-order valence-electron chi connectivity index (χ2n) is 6.42. The Morgan fingerprint density at radius 1 is 1.32 bits per heavy atom. The zero-order valence-corrected chi connectivity index (χ0v) is 14.3. The van der Waals surface area contributed by atoms with Crippen LogP contribution >= 0.6 is 0 Å². The van der Waals surface area contributed by atoms with E-state index in [1.165, 1.54) is 6.33 Å². The molecule has 0 unspecified atom stereocenters. The van der Waals surface area contributed by atoms with Crippen molar-refractivity contribution < 1.29 is 14.7 Å². The van der Waals surface area contributed by atoms with Crippen molar-refractivity contribution in [2.24, 2.45) is 0 Å². The molecule has 25 heavy (non-hydrogen) atoms. The molecule has 7 heteroatoms. The van der Waals surface area contributed by atoms with E-state index in [0.717, 1.165) is 30.5 Å². The van der Waals surface area contributed by atoms with Gasteiger partial charge in [-0.2, -0.15) is 5.10 Å². The first-order chi connectivity index (χ1) is 12.1. The van der Waals surface area contributed by atoms with Gasteiger partial charge < -0.3 is 10.0 Å². The fraction of sp³-hybridized carbons (Fsp3) is 0.444. The molecule has 1 aliphatic rings. The van der Waals surface area contributed by atoms with Crippen molar-refractivity contribution >= 4 is 11.9 Å². The molecule has 1 aromatic heterocycles. The average Bonchev–Trinajstić information content (AvgIpc) is 3.13. The fourth-order valence-electron chi connectivity index (χ4n) is 3.40. The summed E-state index contributed by atoms with van der Waals surface area (Å²) in [6.45, 7) is 2.62. The number of aryl methyl sites for hydroxylation is 1. The SMILES string of the molecule is Cc1cc(C(=O)N2CCCC[C@H]2CCC(=O)O)ccc1-n1cncn1. The number of aromatic nitrogens is 3. The standard InChI is InChI=1S/C18H22N4O3/c1-13-10-14(5-7-16(13)22-12-19-11-20-22)18(25)21-9-3-2-4-15(21)6-8-17(23)24/h5,7,10-12,15H,2-4,6,8-9H2,1H3,(H,23,24)/t15-/m0/s1. The third kappa shape index (κ3) is 3.87. The van der Waals surface area contributed by atoms with Crippen LogP contribution in [0.5, 0.6) is 0 Å². The lowest BCUT2D eigenvalue weighted by Gasteiger charge is -2.36. The Kier molecular flexibility index (Phi) is 5.11. The van der Waals surface area contributed by atoms with Gasteiger partial charge in [0, 0.05) is 24.6 Å². The second kappa shape index (κ2) is 7.46. The topological polar surface area (TPSA) is 88.3 Å². The van der Waals surface area contributed by atoms with Crippen molar-refractivity contribution in [3.63, 3.8) is 0 Å². The summed E-state index contributed by atoms with van der Waals surface area (Å²) in [5, 5.41) is 13.0. The first kappa shape index (κ1) is 17.1. The van der Waals surface area contributed by atoms with Gasteiger partial charge in [0.05, 0.1) is 5.69 Å². The van der Waals surface area contributed by atoms with Crippen LogP contribution in [-0.4, -0.2) is 49.2 Å². The number of carbonyl (C=O) groups is 2. The van der Waals surface area contributed by atoms with Crippen LogP contribution in [0.4, 0.5) is 0 Å². The molecule has 1 saturated heterocycles. The zero-order chi connectivity index (χ0) is 17.8. The summed E-state index contributed by atoms with van der Waals surface area (Å²) in [5.74, 6) is -0.839. The number of rotatable bonds is 5. The third-order valence-electron chi connectivity index (χ3n) is 4.69. The van der Waals surface area contributed by atoms with E-state index in [2.05, 4.69) is 10.1 Å². The van der Waals surface area contributed by atoms with Crippen molar-refractivity contribution in [3.05, 3.63) is 42.0 Å². The van der Waals surface area contributed by atoms with Crippen molar-refractivity contribution in [1.29, 1.82) is 0 Å². The van der Waals surface area contributed by atoms with Gasteiger partial charge in [0.25, 0.3) is 5.91 Å². The minimum Gasteiger partial charge on any atom is -0.481 e. The van der Waals surface area contributed by atoms with Crippen molar-refractivity contribution in [1.82, 2.24) is 19.7 Å². The number of amides is 1. The van der Waals surface area contributed by atoms with Gasteiger partial charge >= 0.3 is 5.97 Å². The molecule has 7 nitrogen and oxygen atoms in total. The number of aliphatic carboxylic acids is 1. The lowest BCUT2D eigenvalue weighted by molar-refractivity contribution is -0.137. The molecule has 1 aromatic carbocycles. The van der Waals surface area contributed by atoms with Gasteiger partial charge in [0.1, 0.15) is 12.7 Å². The molecule has 2 aromatic rings. The Balaban J connectivity index is 1.79. The number of benzene rings is 1. The summed E-state index contributed by atoms with van der Waals surface area (Å²) in [6.07, 6.45) is 6.57. The van der Waals surface area contributed by atoms with Gasteiger partial charge in [-0.15, -0.1) is 0 Å². The van der Waals surface area contributed by atoms with Crippen LogP contribution < -0.4 is 0 Å². The van der Waals surface area contributed by atoms with E-state index >= 15 is 0 Å². The van der Waals surface area contributed by atoms with Crippen molar-refractivity contribution in [2.75, 3.05) is 6.54 Å². The maximum Gasteiger partial charge on any atom is 0.303 e. The smallest absolute Gasteiger partial charge is 0.303 e. The van der Waals surface area contributed by atoms with Crippen LogP contribution in [0, 0.1) is 6.92 Å². The molecule has 0 radical (unpaired) electrons. The number of piperidine rings is 1. The van der Waals surface area contributed by atoms with E-state index in [0.29, 0.717) is 18.5 Å². The van der Waals surface area contributed by atoms with Crippen molar-refractivity contribution in [3.8, 4) is 5.69 Å². The number of likely N-dealkylation sites (tertiary alicyclic amines) is 1. The molecule has 1 N–H and O–H groups in total. The molecule has 3 rings (SSSR count). The highest BCUT2D eigenvalue weighted by molar-refractivity contribution is 5.95. The lowest BCUT2D eigenvalue weighted by atomic mass is 9.96. The minimum absolute atomic E-state index is 0.00708. The molecule has 1 fully saturated rings. The van der Waals surface area contributed by atoms with Gasteiger partial charge in [-0.05, 0) is 56.4 Å². The molecule has 1 aliphatic heterocycles. The van der Waals surface area contributed by atoms with Crippen LogP contribution in [0.3, 0.4) is 0 Å². The summed E-state index contributed by atoms with van der Waals surface area (Å²) in [5.41, 5.74) is 2.45. The fourth-order valence-corrected chi connectivity index (χ4v) is 3.40. The monoisotopic (exact) mass is 342 g/mol. The van der Waals surface area contributed by atoms with E-state index in [4.69, 9.17) is 5.11 Å². The summed E-state index contributed by atoms with van der Waals surface area (Å²) < 4.78 is 1.67. The van der Waals surface area contributed by atoms with Crippen LogP contribution in [0.2, 0.25) is 0 Å². The quantitative estimate of drug-likeness (QED) is 0.901.